The summed E-state index contributed by atoms with van der Waals surface area (Å²) >= 11 is 1.64. The fourth-order valence-corrected chi connectivity index (χ4v) is 4.32. The van der Waals surface area contributed by atoms with Crippen LogP contribution in [0, 0.1) is 13.8 Å². The van der Waals surface area contributed by atoms with Gasteiger partial charge < -0.3 is 5.11 Å². The molecule has 1 aromatic carbocycles. The van der Waals surface area contributed by atoms with Crippen LogP contribution < -0.4 is 0 Å². The van der Waals surface area contributed by atoms with Gasteiger partial charge in [-0.3, -0.25) is 4.98 Å². The van der Waals surface area contributed by atoms with Gasteiger partial charge in [-0.25, -0.2) is 0 Å². The molecule has 1 aliphatic rings. The number of aliphatic hydroxyl groups excluding tert-OH is 1. The maximum Gasteiger partial charge on any atom is 0.106 e. The Kier molecular flexibility index (Phi) is 4.49. The van der Waals surface area contributed by atoms with Crippen molar-refractivity contribution >= 4 is 23.3 Å². The molecule has 0 radical (unpaired) electrons. The predicted octanol–water partition coefficient (Wildman–Crippen LogP) is 4.69. The van der Waals surface area contributed by atoms with Gasteiger partial charge in [0.2, 0.25) is 0 Å². The SMILES string of the molecule is Cc1ccc(C)c(C(O)c2cc(-c3ccncc3)sc2C2=NN=CC2)c1. The molecule has 4 rings (SSSR count). The highest BCUT2D eigenvalue weighted by atomic mass is 32.1. The van der Waals surface area contributed by atoms with Crippen LogP contribution in [-0.4, -0.2) is 22.0 Å². The van der Waals surface area contributed by atoms with Crippen LogP contribution in [0.25, 0.3) is 10.4 Å². The molecule has 1 atom stereocenters. The minimum atomic E-state index is -0.694. The summed E-state index contributed by atoms with van der Waals surface area (Å²) in [4.78, 5) is 6.19. The number of nitrogens with zero attached hydrogens (tertiary/aromatic N) is 3. The summed E-state index contributed by atoms with van der Waals surface area (Å²) in [6.45, 7) is 4.07. The van der Waals surface area contributed by atoms with Crippen LogP contribution in [0.2, 0.25) is 0 Å². The lowest BCUT2D eigenvalue weighted by Gasteiger charge is -2.15. The van der Waals surface area contributed by atoms with E-state index in [0.717, 1.165) is 43.3 Å². The Hall–Kier alpha value is -2.63. The van der Waals surface area contributed by atoms with Crippen LogP contribution in [0.15, 0.2) is 59.0 Å². The number of benzene rings is 1. The Morgan fingerprint density at radius 1 is 1.04 bits per heavy atom. The monoisotopic (exact) mass is 361 g/mol. The van der Waals surface area contributed by atoms with Gasteiger partial charge in [0.1, 0.15) is 6.10 Å². The van der Waals surface area contributed by atoms with Gasteiger partial charge in [-0.2, -0.15) is 10.2 Å². The molecule has 3 heterocycles. The molecule has 1 unspecified atom stereocenters. The molecule has 0 saturated carbocycles. The van der Waals surface area contributed by atoms with Crippen LogP contribution in [0.3, 0.4) is 0 Å². The first-order chi connectivity index (χ1) is 12.6. The highest BCUT2D eigenvalue weighted by molar-refractivity contribution is 7.17. The molecule has 1 N–H and O–H groups in total. The Morgan fingerprint density at radius 2 is 1.85 bits per heavy atom. The Balaban J connectivity index is 1.83. The van der Waals surface area contributed by atoms with E-state index < -0.39 is 6.10 Å². The normalized spacial score (nSPS) is 14.5. The molecular formula is C21H19N3OS. The lowest BCUT2D eigenvalue weighted by Crippen LogP contribution is -2.07. The predicted molar refractivity (Wildman–Crippen MR) is 107 cm³/mol. The maximum absolute atomic E-state index is 11.2. The number of pyridine rings is 1. The summed E-state index contributed by atoms with van der Waals surface area (Å²) in [6, 6.07) is 12.2. The van der Waals surface area contributed by atoms with Gasteiger partial charge in [0.05, 0.1) is 10.6 Å². The summed E-state index contributed by atoms with van der Waals surface area (Å²) in [6.07, 6.45) is 5.37. The highest BCUT2D eigenvalue weighted by Crippen LogP contribution is 2.38. The van der Waals surface area contributed by atoms with E-state index >= 15 is 0 Å². The van der Waals surface area contributed by atoms with Crippen molar-refractivity contribution in [2.45, 2.75) is 26.4 Å². The molecule has 130 valence electrons. The molecular weight excluding hydrogens is 342 g/mol. The first-order valence-electron chi connectivity index (χ1n) is 8.51. The zero-order chi connectivity index (χ0) is 18.1. The van der Waals surface area contributed by atoms with Crippen molar-refractivity contribution in [3.05, 3.63) is 75.9 Å². The number of hydrogen-bond acceptors (Lipinski definition) is 5. The third-order valence-corrected chi connectivity index (χ3v) is 5.81. The number of hydrogen-bond donors (Lipinski definition) is 1. The van der Waals surface area contributed by atoms with E-state index in [2.05, 4.69) is 39.5 Å². The molecule has 0 amide bonds. The van der Waals surface area contributed by atoms with E-state index in [1.54, 1.807) is 29.9 Å². The van der Waals surface area contributed by atoms with Crippen molar-refractivity contribution in [2.75, 3.05) is 0 Å². The number of aryl methyl sites for hydroxylation is 2. The molecule has 2 aromatic heterocycles. The average molecular weight is 361 g/mol. The van der Waals surface area contributed by atoms with Gasteiger partial charge in [0.25, 0.3) is 0 Å². The van der Waals surface area contributed by atoms with E-state index in [1.807, 2.05) is 26.0 Å². The molecule has 3 aromatic rings. The standard InChI is InChI=1S/C21H19N3OS/c1-13-3-4-14(2)16(11-13)20(25)17-12-19(15-5-8-22-9-6-15)26-21(17)18-7-10-23-24-18/h3-6,8-12,20,25H,7H2,1-2H3. The molecule has 4 nitrogen and oxygen atoms in total. The van der Waals surface area contributed by atoms with Gasteiger partial charge >= 0.3 is 0 Å². The summed E-state index contributed by atoms with van der Waals surface area (Å²) in [7, 11) is 0. The summed E-state index contributed by atoms with van der Waals surface area (Å²) in [5, 5.41) is 19.5. The van der Waals surface area contributed by atoms with Crippen LogP contribution in [-0.2, 0) is 0 Å². The Labute approximate surface area is 156 Å². The van der Waals surface area contributed by atoms with Crippen molar-refractivity contribution in [1.82, 2.24) is 4.98 Å². The second-order valence-corrected chi connectivity index (χ2v) is 7.49. The number of aliphatic hydroxyl groups is 1. The van der Waals surface area contributed by atoms with Crippen molar-refractivity contribution in [3.8, 4) is 10.4 Å². The molecule has 0 saturated heterocycles. The number of thiophene rings is 1. The summed E-state index contributed by atoms with van der Waals surface area (Å²) in [5.41, 5.74) is 6.04. The first kappa shape index (κ1) is 16.8. The van der Waals surface area contributed by atoms with Crippen LogP contribution in [0.5, 0.6) is 0 Å². The van der Waals surface area contributed by atoms with E-state index in [9.17, 15) is 5.11 Å². The Bertz CT molecular complexity index is 1010. The topological polar surface area (TPSA) is 57.8 Å². The summed E-state index contributed by atoms with van der Waals surface area (Å²) < 4.78 is 0. The molecule has 0 spiro atoms. The maximum atomic E-state index is 11.2. The van der Waals surface area contributed by atoms with Gasteiger partial charge in [-0.1, -0.05) is 23.8 Å². The van der Waals surface area contributed by atoms with E-state index in [-0.39, 0.29) is 0 Å². The molecule has 5 heteroatoms. The van der Waals surface area contributed by atoms with Crippen molar-refractivity contribution in [1.29, 1.82) is 0 Å². The van der Waals surface area contributed by atoms with Gasteiger partial charge in [-0.15, -0.1) is 11.3 Å². The third kappa shape index (κ3) is 3.11. The second-order valence-electron chi connectivity index (χ2n) is 6.44. The molecule has 0 bridgehead atoms. The largest absolute Gasteiger partial charge is 0.384 e. The average Bonchev–Trinajstić information content (AvgIpc) is 3.33. The minimum absolute atomic E-state index is 0.694. The highest BCUT2D eigenvalue weighted by Gasteiger charge is 2.24. The van der Waals surface area contributed by atoms with E-state index in [0.29, 0.717) is 6.42 Å². The molecule has 0 fully saturated rings. The van der Waals surface area contributed by atoms with Gasteiger partial charge in [0, 0.05) is 35.5 Å². The minimum Gasteiger partial charge on any atom is -0.384 e. The third-order valence-electron chi connectivity index (χ3n) is 4.56. The number of aromatic nitrogens is 1. The van der Waals surface area contributed by atoms with E-state index in [4.69, 9.17) is 0 Å². The smallest absolute Gasteiger partial charge is 0.106 e. The Morgan fingerprint density at radius 3 is 2.58 bits per heavy atom. The fourth-order valence-electron chi connectivity index (χ4n) is 3.13. The zero-order valence-corrected chi connectivity index (χ0v) is 15.5. The van der Waals surface area contributed by atoms with Gasteiger partial charge in [-0.05, 0) is 48.7 Å². The molecule has 1 aliphatic heterocycles. The fraction of sp³-hybridized carbons (Fsp3) is 0.190. The quantitative estimate of drug-likeness (QED) is 0.733. The van der Waals surface area contributed by atoms with Crippen LogP contribution in [0.1, 0.15) is 39.7 Å². The molecule has 0 aliphatic carbocycles. The van der Waals surface area contributed by atoms with Gasteiger partial charge in [0.15, 0.2) is 0 Å². The molecule has 26 heavy (non-hydrogen) atoms. The number of rotatable bonds is 4. The zero-order valence-electron chi connectivity index (χ0n) is 14.7. The van der Waals surface area contributed by atoms with Crippen molar-refractivity contribution < 1.29 is 5.11 Å². The van der Waals surface area contributed by atoms with Crippen molar-refractivity contribution in [3.63, 3.8) is 0 Å². The summed E-state index contributed by atoms with van der Waals surface area (Å²) in [5.74, 6) is 0. The van der Waals surface area contributed by atoms with Crippen LogP contribution in [0.4, 0.5) is 0 Å². The second kappa shape index (κ2) is 6.94. The van der Waals surface area contributed by atoms with Crippen molar-refractivity contribution in [2.24, 2.45) is 10.2 Å². The van der Waals surface area contributed by atoms with E-state index in [1.165, 1.54) is 0 Å². The van der Waals surface area contributed by atoms with Crippen LogP contribution >= 0.6 is 11.3 Å². The first-order valence-corrected chi connectivity index (χ1v) is 9.33. The lowest BCUT2D eigenvalue weighted by molar-refractivity contribution is 0.220. The lowest BCUT2D eigenvalue weighted by atomic mass is 9.94.